The van der Waals surface area contributed by atoms with Crippen LogP contribution in [0.4, 0.5) is 0 Å². The summed E-state index contributed by atoms with van der Waals surface area (Å²) in [5.41, 5.74) is 0. The van der Waals surface area contributed by atoms with Gasteiger partial charge in [-0.2, -0.15) is 0 Å². The fourth-order valence-electron chi connectivity index (χ4n) is 6.42. The SMILES string of the molecule is CC/C=C/C=C/C=C/CCCCCCCC(=O)OC(COC(=O)CCCCCCCCC/C=C/CCCCCCCCCCCCC)COP(=O)(O)OCC[N+](C)(C)C. The van der Waals surface area contributed by atoms with E-state index in [-0.39, 0.29) is 32.0 Å². The van der Waals surface area contributed by atoms with Crippen LogP contribution in [0.2, 0.25) is 0 Å². The number of esters is 2. The van der Waals surface area contributed by atoms with Gasteiger partial charge in [-0.25, -0.2) is 4.57 Å². The molecule has 344 valence electrons. The van der Waals surface area contributed by atoms with Crippen molar-refractivity contribution < 1.29 is 42.1 Å². The molecule has 0 spiro atoms. The summed E-state index contributed by atoms with van der Waals surface area (Å²) in [6, 6.07) is 0. The number of allylic oxidation sites excluding steroid dienone is 8. The molecule has 0 saturated carbocycles. The highest BCUT2D eigenvalue weighted by atomic mass is 31.2. The maximum atomic E-state index is 12.7. The molecule has 0 saturated heterocycles. The monoisotopic (exact) mass is 853 g/mol. The third-order valence-corrected chi connectivity index (χ3v) is 11.1. The van der Waals surface area contributed by atoms with Crippen molar-refractivity contribution in [3.05, 3.63) is 48.6 Å². The van der Waals surface area contributed by atoms with Gasteiger partial charge in [0, 0.05) is 12.8 Å². The van der Waals surface area contributed by atoms with Gasteiger partial charge in [0.1, 0.15) is 19.8 Å². The number of hydrogen-bond donors (Lipinski definition) is 1. The Morgan fingerprint density at radius 3 is 1.47 bits per heavy atom. The zero-order chi connectivity index (χ0) is 43.6. The molecule has 0 aromatic rings. The highest BCUT2D eigenvalue weighted by Crippen LogP contribution is 2.43. The molecule has 1 N–H and O–H groups in total. The van der Waals surface area contributed by atoms with Crippen LogP contribution in [0.1, 0.15) is 200 Å². The van der Waals surface area contributed by atoms with Crippen LogP contribution >= 0.6 is 7.82 Å². The Morgan fingerprint density at radius 1 is 0.542 bits per heavy atom. The lowest BCUT2D eigenvalue weighted by atomic mass is 10.0. The molecular formula is C49H91NO8P+. The Hall–Kier alpha value is -2.03. The Bertz CT molecular complexity index is 1150. The number of phosphoric acid groups is 1. The van der Waals surface area contributed by atoms with Crippen molar-refractivity contribution in [3.8, 4) is 0 Å². The zero-order valence-corrected chi connectivity index (χ0v) is 39.6. The molecule has 0 bridgehead atoms. The van der Waals surface area contributed by atoms with Crippen molar-refractivity contribution in [1.82, 2.24) is 0 Å². The number of rotatable bonds is 43. The normalized spacial score (nSPS) is 13.9. The van der Waals surface area contributed by atoms with E-state index in [9.17, 15) is 19.0 Å². The number of likely N-dealkylation sites (N-methyl/N-ethyl adjacent to an activating group) is 1. The van der Waals surface area contributed by atoms with Crippen LogP contribution in [-0.2, 0) is 32.7 Å². The largest absolute Gasteiger partial charge is 0.472 e. The molecule has 0 heterocycles. The second-order valence-corrected chi connectivity index (χ2v) is 18.6. The molecule has 0 aliphatic carbocycles. The summed E-state index contributed by atoms with van der Waals surface area (Å²) >= 11 is 0. The molecule has 0 amide bonds. The van der Waals surface area contributed by atoms with Crippen molar-refractivity contribution in [1.29, 1.82) is 0 Å². The average molecular weight is 853 g/mol. The Balaban J connectivity index is 4.25. The summed E-state index contributed by atoms with van der Waals surface area (Å²) in [5, 5.41) is 0. The van der Waals surface area contributed by atoms with Crippen LogP contribution in [0, 0.1) is 0 Å². The summed E-state index contributed by atoms with van der Waals surface area (Å²) in [4.78, 5) is 35.4. The second-order valence-electron chi connectivity index (χ2n) is 17.2. The van der Waals surface area contributed by atoms with Crippen molar-refractivity contribution in [3.63, 3.8) is 0 Å². The Labute approximate surface area is 363 Å². The molecule has 0 radical (unpaired) electrons. The van der Waals surface area contributed by atoms with E-state index in [4.69, 9.17) is 18.5 Å². The predicted octanol–water partition coefficient (Wildman–Crippen LogP) is 13.9. The molecule has 0 aliphatic heterocycles. The predicted molar refractivity (Wildman–Crippen MR) is 247 cm³/mol. The van der Waals surface area contributed by atoms with Gasteiger partial charge in [0.2, 0.25) is 0 Å². The van der Waals surface area contributed by atoms with E-state index < -0.39 is 26.5 Å². The van der Waals surface area contributed by atoms with Gasteiger partial charge in [-0.05, 0) is 57.8 Å². The van der Waals surface area contributed by atoms with Gasteiger partial charge >= 0.3 is 19.8 Å². The number of nitrogens with zero attached hydrogens (tertiary/aromatic N) is 1. The fourth-order valence-corrected chi connectivity index (χ4v) is 7.16. The third kappa shape index (κ3) is 45.3. The van der Waals surface area contributed by atoms with Gasteiger partial charge in [0.05, 0.1) is 27.7 Å². The highest BCUT2D eigenvalue weighted by molar-refractivity contribution is 7.47. The van der Waals surface area contributed by atoms with Crippen LogP contribution in [0.15, 0.2) is 48.6 Å². The van der Waals surface area contributed by atoms with Crippen LogP contribution < -0.4 is 0 Å². The average Bonchev–Trinajstić information content (AvgIpc) is 3.19. The number of carbonyl (C=O) groups excluding carboxylic acids is 2. The maximum Gasteiger partial charge on any atom is 0.472 e. The number of phosphoric ester groups is 1. The minimum Gasteiger partial charge on any atom is -0.462 e. The summed E-state index contributed by atoms with van der Waals surface area (Å²) < 4.78 is 34.3. The van der Waals surface area contributed by atoms with Crippen LogP contribution in [-0.4, -0.2) is 74.9 Å². The molecule has 10 heteroatoms. The summed E-state index contributed by atoms with van der Waals surface area (Å²) in [7, 11) is 1.46. The Morgan fingerprint density at radius 2 is 0.983 bits per heavy atom. The number of carbonyl (C=O) groups is 2. The smallest absolute Gasteiger partial charge is 0.462 e. The van der Waals surface area contributed by atoms with Gasteiger partial charge in [-0.3, -0.25) is 18.6 Å². The number of ether oxygens (including phenoxy) is 2. The second kappa shape index (κ2) is 41.3. The third-order valence-electron chi connectivity index (χ3n) is 10.2. The summed E-state index contributed by atoms with van der Waals surface area (Å²) in [6.07, 6.45) is 48.9. The van der Waals surface area contributed by atoms with Crippen LogP contribution in [0.3, 0.4) is 0 Å². The van der Waals surface area contributed by atoms with E-state index in [1.54, 1.807) is 0 Å². The Kier molecular flexibility index (Phi) is 39.9. The van der Waals surface area contributed by atoms with Crippen LogP contribution in [0.5, 0.6) is 0 Å². The lowest BCUT2D eigenvalue weighted by Gasteiger charge is -2.24. The van der Waals surface area contributed by atoms with Gasteiger partial charge < -0.3 is 18.9 Å². The van der Waals surface area contributed by atoms with Crippen molar-refractivity contribution in [2.75, 3.05) is 47.5 Å². The number of hydrogen-bond acceptors (Lipinski definition) is 7. The molecule has 0 aromatic heterocycles. The van der Waals surface area contributed by atoms with E-state index in [2.05, 4.69) is 50.3 Å². The van der Waals surface area contributed by atoms with E-state index >= 15 is 0 Å². The molecule has 0 rings (SSSR count). The standard InChI is InChI=1S/C49H90NO8P/c1-6-8-10-12-14-16-18-20-21-22-23-24-25-26-27-28-30-31-33-35-37-39-41-48(51)55-45-47(46-57-59(53,54)56-44-43-50(3,4)5)58-49(52)42-40-38-36-34-32-29-19-17-15-13-11-9-7-2/h9,11,13,15,17,19,25-26,47H,6-8,10,12,14,16,18,20-24,27-46H2,1-5H3/p+1/b11-9+,15-13+,19-17+,26-25+. The first-order valence-corrected chi connectivity index (χ1v) is 25.4. The molecule has 59 heavy (non-hydrogen) atoms. The number of unbranched alkanes of at least 4 members (excludes halogenated alkanes) is 23. The van der Waals surface area contributed by atoms with Gasteiger partial charge in [0.15, 0.2) is 6.10 Å². The minimum absolute atomic E-state index is 0.0254. The lowest BCUT2D eigenvalue weighted by Crippen LogP contribution is -2.37. The summed E-state index contributed by atoms with van der Waals surface area (Å²) in [5.74, 6) is -0.826. The van der Waals surface area contributed by atoms with Gasteiger partial charge in [-0.1, -0.05) is 178 Å². The molecular weight excluding hydrogens is 762 g/mol. The summed E-state index contributed by atoms with van der Waals surface area (Å²) in [6.45, 7) is 4.27. The quantitative estimate of drug-likeness (QED) is 0.0161. The van der Waals surface area contributed by atoms with Crippen molar-refractivity contribution >= 4 is 19.8 Å². The molecule has 0 aliphatic rings. The minimum atomic E-state index is -4.38. The van der Waals surface area contributed by atoms with E-state index in [1.165, 1.54) is 103 Å². The maximum absolute atomic E-state index is 12.7. The van der Waals surface area contributed by atoms with Crippen molar-refractivity contribution in [2.45, 2.75) is 206 Å². The molecule has 2 atom stereocenters. The zero-order valence-electron chi connectivity index (χ0n) is 38.7. The fraction of sp³-hybridized carbons (Fsp3) is 0.796. The first kappa shape index (κ1) is 57.0. The van der Waals surface area contributed by atoms with Gasteiger partial charge in [0.25, 0.3) is 0 Å². The molecule has 0 aromatic carbocycles. The van der Waals surface area contributed by atoms with E-state index in [0.717, 1.165) is 64.2 Å². The highest BCUT2D eigenvalue weighted by Gasteiger charge is 2.27. The first-order valence-electron chi connectivity index (χ1n) is 23.9. The molecule has 9 nitrogen and oxygen atoms in total. The van der Waals surface area contributed by atoms with Crippen LogP contribution in [0.25, 0.3) is 0 Å². The first-order chi connectivity index (χ1) is 28.5. The molecule has 2 unspecified atom stereocenters. The molecule has 0 fully saturated rings. The number of quaternary nitrogens is 1. The van der Waals surface area contributed by atoms with Crippen molar-refractivity contribution in [2.24, 2.45) is 0 Å². The van der Waals surface area contributed by atoms with E-state index in [1.807, 2.05) is 33.3 Å². The topological polar surface area (TPSA) is 108 Å². The van der Waals surface area contributed by atoms with E-state index in [0.29, 0.717) is 17.4 Å². The van der Waals surface area contributed by atoms with Gasteiger partial charge in [-0.15, -0.1) is 0 Å². The lowest BCUT2D eigenvalue weighted by molar-refractivity contribution is -0.870.